The molecule has 0 spiro atoms. The summed E-state index contributed by atoms with van der Waals surface area (Å²) in [5.74, 6) is -2.23. The molecule has 18 heavy (non-hydrogen) atoms. The van der Waals surface area contributed by atoms with Crippen LogP contribution in [0.15, 0.2) is 36.4 Å². The first kappa shape index (κ1) is 11.8. The van der Waals surface area contributed by atoms with Crippen molar-refractivity contribution in [3.05, 3.63) is 59.2 Å². The van der Waals surface area contributed by atoms with Crippen molar-refractivity contribution in [2.24, 2.45) is 0 Å². The summed E-state index contributed by atoms with van der Waals surface area (Å²) < 4.78 is 26.5. The Morgan fingerprint density at radius 3 is 2.33 bits per heavy atom. The van der Waals surface area contributed by atoms with E-state index in [0.717, 1.165) is 6.07 Å². The zero-order valence-corrected chi connectivity index (χ0v) is 9.11. The number of hydrogen-bond donors (Lipinski definition) is 0. The zero-order chi connectivity index (χ0) is 13.1. The van der Waals surface area contributed by atoms with Crippen molar-refractivity contribution < 1.29 is 8.78 Å². The first-order chi connectivity index (χ1) is 8.65. The van der Waals surface area contributed by atoms with Crippen LogP contribution >= 0.6 is 0 Å². The number of rotatable bonds is 1. The molecule has 0 aromatic heterocycles. The van der Waals surface area contributed by atoms with Crippen LogP contribution in [0, 0.1) is 34.3 Å². The molecule has 2 nitrogen and oxygen atoms in total. The minimum atomic E-state index is -1.15. The third-order valence-corrected chi connectivity index (χ3v) is 2.47. The largest absolute Gasteiger partial charge is 0.204 e. The fourth-order valence-corrected chi connectivity index (χ4v) is 1.61. The molecule has 0 aliphatic rings. The third kappa shape index (κ3) is 2.05. The molecule has 0 atom stereocenters. The Morgan fingerprint density at radius 2 is 1.67 bits per heavy atom. The predicted molar refractivity (Wildman–Crippen MR) is 61.2 cm³/mol. The van der Waals surface area contributed by atoms with Gasteiger partial charge in [-0.25, -0.2) is 8.78 Å². The molecular formula is C14H6F2N2. The average molecular weight is 240 g/mol. The normalized spacial score (nSPS) is 9.56. The summed E-state index contributed by atoms with van der Waals surface area (Å²) in [6.07, 6.45) is 0. The van der Waals surface area contributed by atoms with Gasteiger partial charge in [-0.2, -0.15) is 10.5 Å². The second-order valence-electron chi connectivity index (χ2n) is 3.62. The lowest BCUT2D eigenvalue weighted by Crippen LogP contribution is -1.92. The summed E-state index contributed by atoms with van der Waals surface area (Å²) in [7, 11) is 0. The molecule has 0 saturated carbocycles. The van der Waals surface area contributed by atoms with E-state index in [4.69, 9.17) is 10.5 Å². The van der Waals surface area contributed by atoms with E-state index in [0.29, 0.717) is 16.7 Å². The molecule has 2 rings (SSSR count). The highest BCUT2D eigenvalue weighted by molar-refractivity contribution is 5.67. The minimum Gasteiger partial charge on any atom is -0.204 e. The van der Waals surface area contributed by atoms with Crippen LogP contribution in [0.1, 0.15) is 11.1 Å². The van der Waals surface area contributed by atoms with E-state index in [1.807, 2.05) is 6.07 Å². The summed E-state index contributed by atoms with van der Waals surface area (Å²) >= 11 is 0. The molecule has 0 N–H and O–H groups in total. The lowest BCUT2D eigenvalue weighted by Gasteiger charge is -2.04. The van der Waals surface area contributed by atoms with Gasteiger partial charge in [0.15, 0.2) is 11.6 Å². The fourth-order valence-electron chi connectivity index (χ4n) is 1.61. The molecule has 0 saturated heterocycles. The van der Waals surface area contributed by atoms with E-state index in [1.54, 1.807) is 30.3 Å². The van der Waals surface area contributed by atoms with Gasteiger partial charge in [-0.05, 0) is 35.4 Å². The third-order valence-electron chi connectivity index (χ3n) is 2.47. The maximum absolute atomic E-state index is 13.3. The van der Waals surface area contributed by atoms with Crippen molar-refractivity contribution in [1.82, 2.24) is 0 Å². The maximum atomic E-state index is 13.3. The van der Waals surface area contributed by atoms with Gasteiger partial charge in [0.1, 0.15) is 6.07 Å². The predicted octanol–water partition coefficient (Wildman–Crippen LogP) is 3.38. The molecule has 0 aliphatic carbocycles. The molecule has 4 heteroatoms. The highest BCUT2D eigenvalue weighted by atomic mass is 19.2. The molecule has 0 unspecified atom stereocenters. The van der Waals surface area contributed by atoms with Gasteiger partial charge in [-0.3, -0.25) is 0 Å². The Kier molecular flexibility index (Phi) is 3.03. The Balaban J connectivity index is 2.62. The van der Waals surface area contributed by atoms with E-state index in [-0.39, 0.29) is 5.56 Å². The van der Waals surface area contributed by atoms with Gasteiger partial charge in [0, 0.05) is 0 Å². The van der Waals surface area contributed by atoms with Gasteiger partial charge >= 0.3 is 0 Å². The van der Waals surface area contributed by atoms with Gasteiger partial charge < -0.3 is 0 Å². The smallest absolute Gasteiger partial charge is 0.176 e. The quantitative estimate of drug-likeness (QED) is 0.767. The van der Waals surface area contributed by atoms with Crippen LogP contribution in [-0.2, 0) is 0 Å². The summed E-state index contributed by atoms with van der Waals surface area (Å²) in [6, 6.07) is 12.3. The number of nitrogens with zero attached hydrogens (tertiary/aromatic N) is 2. The molecule has 0 heterocycles. The Labute approximate surface area is 102 Å². The van der Waals surface area contributed by atoms with Gasteiger partial charge in [-0.15, -0.1) is 0 Å². The second kappa shape index (κ2) is 4.65. The number of nitriles is 2. The van der Waals surface area contributed by atoms with Gasteiger partial charge in [0.25, 0.3) is 0 Å². The Morgan fingerprint density at radius 1 is 0.889 bits per heavy atom. The van der Waals surface area contributed by atoms with Gasteiger partial charge in [0.05, 0.1) is 17.2 Å². The van der Waals surface area contributed by atoms with Crippen molar-refractivity contribution in [2.45, 2.75) is 0 Å². The highest BCUT2D eigenvalue weighted by Gasteiger charge is 2.11. The fraction of sp³-hybridized carbons (Fsp3) is 0. The molecule has 0 aliphatic heterocycles. The van der Waals surface area contributed by atoms with Crippen LogP contribution in [0.3, 0.4) is 0 Å². The topological polar surface area (TPSA) is 47.6 Å². The molecule has 2 aromatic carbocycles. The van der Waals surface area contributed by atoms with Crippen molar-refractivity contribution in [2.75, 3.05) is 0 Å². The number of benzene rings is 2. The van der Waals surface area contributed by atoms with Gasteiger partial charge in [-0.1, -0.05) is 12.1 Å². The van der Waals surface area contributed by atoms with Crippen LogP contribution in [0.5, 0.6) is 0 Å². The first-order valence-corrected chi connectivity index (χ1v) is 5.05. The van der Waals surface area contributed by atoms with E-state index in [9.17, 15) is 8.78 Å². The zero-order valence-electron chi connectivity index (χ0n) is 9.11. The molecule has 0 fully saturated rings. The van der Waals surface area contributed by atoms with Crippen molar-refractivity contribution in [1.29, 1.82) is 10.5 Å². The maximum Gasteiger partial charge on any atom is 0.176 e. The average Bonchev–Trinajstić information content (AvgIpc) is 2.41. The van der Waals surface area contributed by atoms with Crippen LogP contribution in [0.4, 0.5) is 8.78 Å². The lowest BCUT2D eigenvalue weighted by atomic mass is 10.0. The highest BCUT2D eigenvalue weighted by Crippen LogP contribution is 2.24. The van der Waals surface area contributed by atoms with Crippen molar-refractivity contribution in [3.63, 3.8) is 0 Å². The van der Waals surface area contributed by atoms with E-state index in [1.165, 1.54) is 6.07 Å². The first-order valence-electron chi connectivity index (χ1n) is 5.05. The SMILES string of the molecule is N#Cc1cccc(-c2cc(F)c(F)c(C#N)c2)c1. The Bertz CT molecular complexity index is 694. The molecule has 0 radical (unpaired) electrons. The summed E-state index contributed by atoms with van der Waals surface area (Å²) in [4.78, 5) is 0. The summed E-state index contributed by atoms with van der Waals surface area (Å²) in [6.45, 7) is 0. The van der Waals surface area contributed by atoms with Crippen LogP contribution in [0.25, 0.3) is 11.1 Å². The Hall–Kier alpha value is -2.72. The molecule has 2 aromatic rings. The monoisotopic (exact) mass is 240 g/mol. The molecule has 0 bridgehead atoms. The van der Waals surface area contributed by atoms with Crippen molar-refractivity contribution in [3.8, 4) is 23.3 Å². The van der Waals surface area contributed by atoms with E-state index >= 15 is 0 Å². The van der Waals surface area contributed by atoms with Crippen LogP contribution in [0.2, 0.25) is 0 Å². The number of hydrogen-bond acceptors (Lipinski definition) is 2. The second-order valence-corrected chi connectivity index (χ2v) is 3.62. The van der Waals surface area contributed by atoms with E-state index < -0.39 is 11.6 Å². The molecule has 86 valence electrons. The standard InChI is InChI=1S/C14H6F2N2/c15-13-6-11(5-12(8-18)14(13)16)10-3-1-2-9(4-10)7-17/h1-6H. The van der Waals surface area contributed by atoms with Crippen LogP contribution in [-0.4, -0.2) is 0 Å². The molecule has 0 amide bonds. The van der Waals surface area contributed by atoms with Crippen molar-refractivity contribution >= 4 is 0 Å². The lowest BCUT2D eigenvalue weighted by molar-refractivity contribution is 0.507. The van der Waals surface area contributed by atoms with Crippen LogP contribution < -0.4 is 0 Å². The minimum absolute atomic E-state index is 0.354. The van der Waals surface area contributed by atoms with Gasteiger partial charge in [0.2, 0.25) is 0 Å². The molecular weight excluding hydrogens is 234 g/mol. The van der Waals surface area contributed by atoms with E-state index in [2.05, 4.69) is 0 Å². The number of halogens is 2. The summed E-state index contributed by atoms with van der Waals surface area (Å²) in [5, 5.41) is 17.5. The summed E-state index contributed by atoms with van der Waals surface area (Å²) in [5.41, 5.74) is 0.982.